The number of rotatable bonds is 2. The largest absolute Gasteiger partial charge is 0.505 e. The predicted octanol–water partition coefficient (Wildman–Crippen LogP) is 2.50. The highest BCUT2D eigenvalue weighted by Crippen LogP contribution is 2.44. The van der Waals surface area contributed by atoms with Gasteiger partial charge >= 0.3 is 0 Å². The van der Waals surface area contributed by atoms with Gasteiger partial charge < -0.3 is 10.2 Å². The molecule has 0 aliphatic rings. The van der Waals surface area contributed by atoms with Crippen LogP contribution in [0.4, 0.5) is 0 Å². The highest BCUT2D eigenvalue weighted by atomic mass is 35.5. The molecule has 0 atom stereocenters. The molecule has 94 valence electrons. The fraction of sp³-hybridized carbons (Fsp3) is 0.100. The summed E-state index contributed by atoms with van der Waals surface area (Å²) in [4.78, 5) is 4.40. The van der Waals surface area contributed by atoms with Crippen molar-refractivity contribution in [1.82, 2.24) is 10.2 Å². The molecule has 0 saturated heterocycles. The first-order chi connectivity index (χ1) is 8.56. The molecule has 5 nitrogen and oxygen atoms in total. The van der Waals surface area contributed by atoms with Gasteiger partial charge in [-0.1, -0.05) is 40.6 Å². The molecule has 0 bridgehead atoms. The average molecular weight is 304 g/mol. The van der Waals surface area contributed by atoms with Crippen molar-refractivity contribution < 1.29 is 10.2 Å². The van der Waals surface area contributed by atoms with E-state index in [2.05, 4.69) is 21.8 Å². The quantitative estimate of drug-likeness (QED) is 0.660. The molecule has 1 aromatic heterocycles. The number of hydrogen-bond acceptors (Lipinski definition) is 6. The molecule has 8 heteroatoms. The number of aromatic hydroxyl groups is 2. The number of nitrogens with zero attached hydrogens (tertiary/aromatic N) is 3. The molecule has 0 amide bonds. The van der Waals surface area contributed by atoms with E-state index in [0.717, 1.165) is 11.3 Å². The Morgan fingerprint density at radius 2 is 1.89 bits per heavy atom. The van der Waals surface area contributed by atoms with Gasteiger partial charge in [0.1, 0.15) is 14.7 Å². The lowest BCUT2D eigenvalue weighted by Gasteiger charge is -2.05. The summed E-state index contributed by atoms with van der Waals surface area (Å²) in [5.41, 5.74) is 0.0875. The zero-order valence-corrected chi connectivity index (χ0v) is 11.2. The van der Waals surface area contributed by atoms with E-state index >= 15 is 0 Å². The highest BCUT2D eigenvalue weighted by Gasteiger charge is 2.18. The fourth-order valence-electron chi connectivity index (χ4n) is 1.23. The summed E-state index contributed by atoms with van der Waals surface area (Å²) in [6.45, 7) is 3.91. The van der Waals surface area contributed by atoms with Gasteiger partial charge in [-0.05, 0) is 0 Å². The molecule has 0 fully saturated rings. The van der Waals surface area contributed by atoms with E-state index < -0.39 is 0 Å². The van der Waals surface area contributed by atoms with E-state index in [9.17, 15) is 10.2 Å². The number of aromatic nitrogens is 2. The molecule has 2 N–H and O–H groups in total. The van der Waals surface area contributed by atoms with Gasteiger partial charge in [-0.3, -0.25) is 4.99 Å². The van der Waals surface area contributed by atoms with Crippen LogP contribution in [0.25, 0.3) is 10.2 Å². The maximum absolute atomic E-state index is 9.87. The van der Waals surface area contributed by atoms with Crippen molar-refractivity contribution in [3.8, 4) is 11.5 Å². The van der Waals surface area contributed by atoms with Crippen LogP contribution in [0.3, 0.4) is 0 Å². The Morgan fingerprint density at radius 3 is 2.56 bits per heavy atom. The van der Waals surface area contributed by atoms with Gasteiger partial charge in [-0.15, -0.1) is 16.8 Å². The number of benzene rings is 1. The normalized spacial score (nSPS) is 12.0. The molecule has 0 aliphatic carbocycles. The molecule has 0 unspecified atom stereocenters. The Labute approximate surface area is 116 Å². The minimum atomic E-state index is -0.312. The van der Waals surface area contributed by atoms with Crippen molar-refractivity contribution in [3.05, 3.63) is 27.5 Å². The number of fused-ring (bicyclic) bond motifs is 1. The molecule has 0 spiro atoms. The number of phenols is 2. The van der Waals surface area contributed by atoms with Crippen LogP contribution < -0.4 is 4.80 Å². The molecule has 18 heavy (non-hydrogen) atoms. The molecule has 0 radical (unpaired) electrons. The molecule has 0 aliphatic heterocycles. The van der Waals surface area contributed by atoms with Crippen LogP contribution in [0, 0.1) is 0 Å². The van der Waals surface area contributed by atoms with E-state index in [4.69, 9.17) is 23.2 Å². The van der Waals surface area contributed by atoms with Crippen LogP contribution in [-0.4, -0.2) is 27.0 Å². The minimum Gasteiger partial charge on any atom is -0.505 e. The lowest BCUT2D eigenvalue weighted by Crippen LogP contribution is -2.06. The Bertz CT molecular complexity index is 700. The van der Waals surface area contributed by atoms with E-state index in [-0.39, 0.29) is 31.8 Å². The third kappa shape index (κ3) is 2.14. The van der Waals surface area contributed by atoms with Crippen LogP contribution in [0.2, 0.25) is 10.0 Å². The van der Waals surface area contributed by atoms with Crippen molar-refractivity contribution in [2.45, 2.75) is 0 Å². The number of halogens is 2. The summed E-state index contributed by atoms with van der Waals surface area (Å²) >= 11 is 12.6. The SMILES string of the molecule is C=CCN=c1nnc2c(O)c(Cl)c(Cl)c(O)c2s1. The lowest BCUT2D eigenvalue weighted by atomic mass is 10.3. The van der Waals surface area contributed by atoms with Crippen LogP contribution in [-0.2, 0) is 0 Å². The molecular weight excluding hydrogens is 297 g/mol. The molecule has 0 saturated carbocycles. The standard InChI is InChI=1S/C10H7Cl2N3O2S/c1-2-3-13-10-15-14-6-7(16)4(11)5(12)8(17)9(6)18-10/h2,16-17H,1,3H2. The van der Waals surface area contributed by atoms with Crippen molar-refractivity contribution >= 4 is 44.8 Å². The third-order valence-corrected chi connectivity index (χ3v) is 3.86. The average Bonchev–Trinajstić information content (AvgIpc) is 2.40. The summed E-state index contributed by atoms with van der Waals surface area (Å²) in [6, 6.07) is 0. The van der Waals surface area contributed by atoms with Gasteiger partial charge in [0.2, 0.25) is 4.80 Å². The summed E-state index contributed by atoms with van der Waals surface area (Å²) in [7, 11) is 0. The predicted molar refractivity (Wildman–Crippen MR) is 71.4 cm³/mol. The van der Waals surface area contributed by atoms with E-state index in [1.54, 1.807) is 6.08 Å². The highest BCUT2D eigenvalue weighted by molar-refractivity contribution is 7.16. The van der Waals surface area contributed by atoms with Crippen molar-refractivity contribution in [1.29, 1.82) is 0 Å². The van der Waals surface area contributed by atoms with Gasteiger partial charge in [0.25, 0.3) is 0 Å². The second-order valence-electron chi connectivity index (χ2n) is 3.22. The van der Waals surface area contributed by atoms with E-state index in [1.807, 2.05) is 0 Å². The summed E-state index contributed by atoms with van der Waals surface area (Å²) in [5, 5.41) is 26.9. The van der Waals surface area contributed by atoms with E-state index in [0.29, 0.717) is 11.3 Å². The summed E-state index contributed by atoms with van der Waals surface area (Å²) < 4.78 is 0.278. The third-order valence-electron chi connectivity index (χ3n) is 2.05. The number of hydrogen-bond donors (Lipinski definition) is 2. The second kappa shape index (κ2) is 5.09. The zero-order valence-electron chi connectivity index (χ0n) is 8.89. The molecular formula is C10H7Cl2N3O2S. The van der Waals surface area contributed by atoms with Crippen LogP contribution >= 0.6 is 34.5 Å². The lowest BCUT2D eigenvalue weighted by molar-refractivity contribution is 0.469. The molecule has 2 aromatic rings. The van der Waals surface area contributed by atoms with Crippen LogP contribution in [0.5, 0.6) is 11.5 Å². The van der Waals surface area contributed by atoms with Gasteiger partial charge in [-0.2, -0.15) is 0 Å². The first-order valence-corrected chi connectivity index (χ1v) is 6.31. The van der Waals surface area contributed by atoms with Gasteiger partial charge in [0.05, 0.1) is 6.54 Å². The Hall–Kier alpha value is -1.37. The first-order valence-electron chi connectivity index (χ1n) is 4.74. The van der Waals surface area contributed by atoms with Crippen molar-refractivity contribution in [3.63, 3.8) is 0 Å². The van der Waals surface area contributed by atoms with E-state index in [1.165, 1.54) is 0 Å². The van der Waals surface area contributed by atoms with Crippen LogP contribution in [0.15, 0.2) is 17.6 Å². The van der Waals surface area contributed by atoms with Crippen LogP contribution in [0.1, 0.15) is 0 Å². The van der Waals surface area contributed by atoms with Gasteiger partial charge in [0.15, 0.2) is 17.0 Å². The van der Waals surface area contributed by atoms with Crippen molar-refractivity contribution in [2.75, 3.05) is 6.54 Å². The smallest absolute Gasteiger partial charge is 0.226 e. The number of phenolic OH excluding ortho intramolecular Hbond substituents is 2. The zero-order chi connectivity index (χ0) is 13.3. The maximum atomic E-state index is 9.87. The minimum absolute atomic E-state index is 0.0875. The Kier molecular flexibility index (Phi) is 3.70. The Balaban J connectivity index is 2.82. The van der Waals surface area contributed by atoms with Crippen molar-refractivity contribution in [2.24, 2.45) is 4.99 Å². The monoisotopic (exact) mass is 303 g/mol. The van der Waals surface area contributed by atoms with Gasteiger partial charge in [0, 0.05) is 0 Å². The Morgan fingerprint density at radius 1 is 1.22 bits per heavy atom. The maximum Gasteiger partial charge on any atom is 0.226 e. The molecule has 1 aromatic carbocycles. The first kappa shape index (κ1) is 13.1. The fourth-order valence-corrected chi connectivity index (χ4v) is 2.49. The molecule has 1 heterocycles. The topological polar surface area (TPSA) is 78.6 Å². The summed E-state index contributed by atoms with van der Waals surface area (Å²) in [6.07, 6.45) is 1.60. The summed E-state index contributed by atoms with van der Waals surface area (Å²) in [5.74, 6) is -0.557. The van der Waals surface area contributed by atoms with Gasteiger partial charge in [-0.25, -0.2) is 0 Å². The molecule has 2 rings (SSSR count). The second-order valence-corrected chi connectivity index (χ2v) is 4.95.